The Morgan fingerprint density at radius 1 is 1.17 bits per heavy atom. The normalized spacial score (nSPS) is 17.4. The second-order valence-electron chi connectivity index (χ2n) is 7.94. The lowest BCUT2D eigenvalue weighted by molar-refractivity contribution is -0.146. The van der Waals surface area contributed by atoms with Crippen molar-refractivity contribution in [3.8, 4) is 5.75 Å². The van der Waals surface area contributed by atoms with Crippen LogP contribution in [0.2, 0.25) is 0 Å². The Bertz CT molecular complexity index is 847. The van der Waals surface area contributed by atoms with Gasteiger partial charge in [-0.3, -0.25) is 4.79 Å². The third kappa shape index (κ3) is 4.53. The molecule has 7 nitrogen and oxygen atoms in total. The standard InChI is InChI=1S/C20H26FN5O2.ClH/c1-20(2,28-16-5-3-15(21)4-6-16)19(27)25-10-7-14(8-11-25)18-24-23-17-13-22-9-12-26(17)18;/h3-6,14,22H,7-13H2,1-2H3;1H. The summed E-state index contributed by atoms with van der Waals surface area (Å²) in [6.45, 7) is 7.44. The Morgan fingerprint density at radius 3 is 2.55 bits per heavy atom. The fourth-order valence-corrected chi connectivity index (χ4v) is 3.98. The smallest absolute Gasteiger partial charge is 0.266 e. The van der Waals surface area contributed by atoms with E-state index in [-0.39, 0.29) is 24.1 Å². The van der Waals surface area contributed by atoms with Gasteiger partial charge in [0.2, 0.25) is 0 Å². The number of amides is 1. The molecular formula is C20H27ClFN5O2. The number of carbonyl (C=O) groups excluding carboxylic acids is 1. The number of halogens is 2. The van der Waals surface area contributed by atoms with Gasteiger partial charge in [0, 0.05) is 32.1 Å². The number of aromatic nitrogens is 3. The zero-order chi connectivity index (χ0) is 19.7. The molecular weight excluding hydrogens is 397 g/mol. The van der Waals surface area contributed by atoms with Crippen LogP contribution < -0.4 is 10.1 Å². The van der Waals surface area contributed by atoms with Crippen LogP contribution in [-0.2, 0) is 17.9 Å². The summed E-state index contributed by atoms with van der Waals surface area (Å²) in [4.78, 5) is 14.9. The van der Waals surface area contributed by atoms with Crippen molar-refractivity contribution in [3.05, 3.63) is 41.7 Å². The van der Waals surface area contributed by atoms with Crippen molar-refractivity contribution in [2.75, 3.05) is 19.6 Å². The number of fused-ring (bicyclic) bond motifs is 1. The van der Waals surface area contributed by atoms with Crippen LogP contribution in [0.1, 0.15) is 44.3 Å². The molecule has 0 radical (unpaired) electrons. The molecule has 0 bridgehead atoms. The van der Waals surface area contributed by atoms with Gasteiger partial charge in [0.05, 0.1) is 6.54 Å². The van der Waals surface area contributed by atoms with Crippen molar-refractivity contribution >= 4 is 18.3 Å². The number of rotatable bonds is 4. The molecule has 0 unspecified atom stereocenters. The van der Waals surface area contributed by atoms with E-state index >= 15 is 0 Å². The van der Waals surface area contributed by atoms with Crippen molar-refractivity contribution in [1.29, 1.82) is 0 Å². The fourth-order valence-electron chi connectivity index (χ4n) is 3.98. The van der Waals surface area contributed by atoms with Crippen LogP contribution in [0.15, 0.2) is 24.3 Å². The molecule has 0 aliphatic carbocycles. The highest BCUT2D eigenvalue weighted by molar-refractivity contribution is 5.85. The molecule has 9 heteroatoms. The first kappa shape index (κ1) is 21.5. The molecule has 0 spiro atoms. The topological polar surface area (TPSA) is 72.3 Å². The van der Waals surface area contributed by atoms with Gasteiger partial charge in [0.25, 0.3) is 5.91 Å². The Kier molecular flexibility index (Phi) is 6.43. The van der Waals surface area contributed by atoms with Crippen molar-refractivity contribution in [1.82, 2.24) is 25.0 Å². The first-order chi connectivity index (χ1) is 13.4. The first-order valence-corrected chi connectivity index (χ1v) is 9.81. The van der Waals surface area contributed by atoms with E-state index < -0.39 is 5.60 Å². The van der Waals surface area contributed by atoms with Crippen LogP contribution in [0, 0.1) is 5.82 Å². The Morgan fingerprint density at radius 2 is 1.86 bits per heavy atom. The largest absolute Gasteiger partial charge is 0.478 e. The lowest BCUT2D eigenvalue weighted by Gasteiger charge is -2.37. The minimum atomic E-state index is -1.01. The second-order valence-corrected chi connectivity index (χ2v) is 7.94. The summed E-state index contributed by atoms with van der Waals surface area (Å²) in [5.74, 6) is 2.47. The van der Waals surface area contributed by atoms with Crippen LogP contribution in [0.5, 0.6) is 5.75 Å². The number of piperidine rings is 1. The molecule has 29 heavy (non-hydrogen) atoms. The maximum Gasteiger partial charge on any atom is 0.266 e. The molecule has 2 aliphatic heterocycles. The second kappa shape index (κ2) is 8.67. The summed E-state index contributed by atoms with van der Waals surface area (Å²) in [5, 5.41) is 12.0. The van der Waals surface area contributed by atoms with Gasteiger partial charge in [-0.25, -0.2) is 4.39 Å². The third-order valence-corrected chi connectivity index (χ3v) is 5.50. The number of ether oxygens (including phenoxy) is 1. The summed E-state index contributed by atoms with van der Waals surface area (Å²) >= 11 is 0. The minimum Gasteiger partial charge on any atom is -0.478 e. The van der Waals surface area contributed by atoms with Gasteiger partial charge in [-0.2, -0.15) is 0 Å². The molecule has 0 saturated carbocycles. The number of hydrogen-bond acceptors (Lipinski definition) is 5. The fraction of sp³-hybridized carbons (Fsp3) is 0.550. The molecule has 1 fully saturated rings. The van der Waals surface area contributed by atoms with E-state index in [2.05, 4.69) is 20.1 Å². The predicted molar refractivity (Wildman–Crippen MR) is 109 cm³/mol. The number of nitrogens with zero attached hydrogens (tertiary/aromatic N) is 4. The molecule has 1 aromatic heterocycles. The summed E-state index contributed by atoms with van der Waals surface area (Å²) in [5.41, 5.74) is -1.01. The van der Waals surface area contributed by atoms with Crippen molar-refractivity contribution in [2.24, 2.45) is 0 Å². The van der Waals surface area contributed by atoms with Gasteiger partial charge in [0.1, 0.15) is 23.2 Å². The van der Waals surface area contributed by atoms with Gasteiger partial charge in [-0.1, -0.05) is 0 Å². The summed E-state index contributed by atoms with van der Waals surface area (Å²) in [7, 11) is 0. The lowest BCUT2D eigenvalue weighted by atomic mass is 9.94. The monoisotopic (exact) mass is 423 g/mol. The highest BCUT2D eigenvalue weighted by Crippen LogP contribution is 2.30. The molecule has 158 valence electrons. The average molecular weight is 424 g/mol. The molecule has 2 aromatic rings. The maximum atomic E-state index is 13.1. The third-order valence-electron chi connectivity index (χ3n) is 5.50. The van der Waals surface area contributed by atoms with E-state index in [4.69, 9.17) is 4.74 Å². The van der Waals surface area contributed by atoms with Gasteiger partial charge < -0.3 is 19.5 Å². The molecule has 1 aromatic carbocycles. The number of likely N-dealkylation sites (tertiary alicyclic amines) is 1. The summed E-state index contributed by atoms with van der Waals surface area (Å²) in [6, 6.07) is 5.74. The number of carbonyl (C=O) groups is 1. The van der Waals surface area contributed by atoms with E-state index in [0.29, 0.717) is 24.8 Å². The van der Waals surface area contributed by atoms with Crippen molar-refractivity contribution in [2.45, 2.75) is 51.3 Å². The highest BCUT2D eigenvalue weighted by atomic mass is 35.5. The summed E-state index contributed by atoms with van der Waals surface area (Å²) in [6.07, 6.45) is 1.73. The van der Waals surface area contributed by atoms with Crippen molar-refractivity contribution < 1.29 is 13.9 Å². The molecule has 2 aliphatic rings. The Balaban J connectivity index is 0.00000240. The molecule has 1 amide bonds. The quantitative estimate of drug-likeness (QED) is 0.818. The molecule has 4 rings (SSSR count). The maximum absolute atomic E-state index is 13.1. The average Bonchev–Trinajstić information content (AvgIpc) is 3.13. The molecule has 0 atom stereocenters. The van der Waals surface area contributed by atoms with Crippen LogP contribution in [0.3, 0.4) is 0 Å². The van der Waals surface area contributed by atoms with E-state index in [0.717, 1.165) is 44.1 Å². The highest BCUT2D eigenvalue weighted by Gasteiger charge is 2.37. The summed E-state index contributed by atoms with van der Waals surface area (Å²) < 4.78 is 21.2. The SMILES string of the molecule is CC(C)(Oc1ccc(F)cc1)C(=O)N1CCC(c2nnc3n2CCNC3)CC1.Cl. The predicted octanol–water partition coefficient (Wildman–Crippen LogP) is 2.51. The van der Waals surface area contributed by atoms with E-state index in [9.17, 15) is 9.18 Å². The van der Waals surface area contributed by atoms with E-state index in [1.165, 1.54) is 12.1 Å². The zero-order valence-corrected chi connectivity index (χ0v) is 17.5. The van der Waals surface area contributed by atoms with Crippen LogP contribution in [0.4, 0.5) is 4.39 Å². The molecule has 3 heterocycles. The van der Waals surface area contributed by atoms with Crippen LogP contribution in [-0.4, -0.2) is 50.8 Å². The number of nitrogens with one attached hydrogen (secondary N) is 1. The van der Waals surface area contributed by atoms with E-state index in [1.54, 1.807) is 26.0 Å². The Hall–Kier alpha value is -2.19. The minimum absolute atomic E-state index is 0. The van der Waals surface area contributed by atoms with Gasteiger partial charge in [-0.05, 0) is 51.0 Å². The van der Waals surface area contributed by atoms with Crippen LogP contribution >= 0.6 is 12.4 Å². The first-order valence-electron chi connectivity index (χ1n) is 9.81. The molecule has 1 N–H and O–H groups in total. The van der Waals surface area contributed by atoms with Gasteiger partial charge >= 0.3 is 0 Å². The Labute approximate surface area is 176 Å². The van der Waals surface area contributed by atoms with Crippen LogP contribution in [0.25, 0.3) is 0 Å². The van der Waals surface area contributed by atoms with Crippen molar-refractivity contribution in [3.63, 3.8) is 0 Å². The van der Waals surface area contributed by atoms with Gasteiger partial charge in [-0.15, -0.1) is 22.6 Å². The molecule has 1 saturated heterocycles. The zero-order valence-electron chi connectivity index (χ0n) is 16.7. The lowest BCUT2D eigenvalue weighted by Crippen LogP contribution is -2.51. The van der Waals surface area contributed by atoms with E-state index in [1.807, 2.05) is 4.90 Å². The number of hydrogen-bond donors (Lipinski definition) is 1. The van der Waals surface area contributed by atoms with Gasteiger partial charge in [0.15, 0.2) is 5.60 Å². The number of benzene rings is 1.